The van der Waals surface area contributed by atoms with Gasteiger partial charge in [-0.15, -0.1) is 0 Å². The summed E-state index contributed by atoms with van der Waals surface area (Å²) in [5.41, 5.74) is -1.96. The Morgan fingerprint density at radius 3 is 0.926 bits per heavy atom. The number of rotatable bonds is 16. The monoisotopic (exact) mass is 906 g/mol. The molecule has 6 fully saturated rings. The molecule has 18 nitrogen and oxygen atoms in total. The predicted molar refractivity (Wildman–Crippen MR) is 203 cm³/mol. The van der Waals surface area contributed by atoms with Crippen LogP contribution in [0.1, 0.15) is 95.4 Å². The van der Waals surface area contributed by atoms with E-state index in [2.05, 4.69) is 0 Å². The van der Waals surface area contributed by atoms with E-state index in [4.69, 9.17) is 63.6 Å². The van der Waals surface area contributed by atoms with Crippen molar-refractivity contribution in [1.82, 2.24) is 0 Å². The SMILES string of the molecule is CCOC(=O)CC[Si]12O[Si]3(CCC(=O)OCC)O[Si]4(C(C)C)O[Si]5(CCC(=O)OCC)O[Si](C)(O[Si](C(C)C)(O1)O4)O[Si](C(C)C)(O2)O[Si](C(C)C)(O5)O3. The highest BCUT2D eigenvalue weighted by Crippen LogP contribution is 2.56. The second kappa shape index (κ2) is 16.4. The Morgan fingerprint density at radius 1 is 0.407 bits per heavy atom. The normalized spacial score (nSPS) is 40.0. The van der Waals surface area contributed by atoms with Crippen LogP contribution in [-0.2, 0) is 78.0 Å². The zero-order valence-electron chi connectivity index (χ0n) is 33.5. The number of hydrogen-bond donors (Lipinski definition) is 0. The van der Waals surface area contributed by atoms with Gasteiger partial charge in [0.1, 0.15) is 0 Å². The summed E-state index contributed by atoms with van der Waals surface area (Å²) in [5.74, 6) is -1.49. The molecule has 26 heteroatoms. The Morgan fingerprint density at radius 2 is 0.667 bits per heavy atom. The lowest BCUT2D eigenvalue weighted by Crippen LogP contribution is -2.89. The predicted octanol–water partition coefficient (Wildman–Crippen LogP) is 4.89. The summed E-state index contributed by atoms with van der Waals surface area (Å²) in [4.78, 5) is 39.2. The Balaban J connectivity index is 1.86. The molecule has 6 heterocycles. The van der Waals surface area contributed by atoms with Crippen LogP contribution in [0.5, 0.6) is 0 Å². The van der Waals surface area contributed by atoms with E-state index in [1.807, 2.05) is 55.4 Å². The van der Waals surface area contributed by atoms with E-state index in [-0.39, 0.29) is 57.2 Å². The fourth-order valence-electron chi connectivity index (χ4n) is 6.57. The van der Waals surface area contributed by atoms with Gasteiger partial charge in [0.15, 0.2) is 0 Å². The second-order valence-corrected chi connectivity index (χ2v) is 41.7. The van der Waals surface area contributed by atoms with Crippen LogP contribution < -0.4 is 0 Å². The topological polar surface area (TPSA) is 190 Å². The first-order valence-corrected chi connectivity index (χ1v) is 34.2. The lowest BCUT2D eigenvalue weighted by Gasteiger charge is -2.64. The fraction of sp³-hybridized carbons (Fsp3) is 0.893. The van der Waals surface area contributed by atoms with Crippen molar-refractivity contribution in [3.8, 4) is 0 Å². The van der Waals surface area contributed by atoms with E-state index in [0.717, 1.165) is 0 Å². The number of hydrogen-bond acceptors (Lipinski definition) is 18. The molecule has 8 bridgehead atoms. The Kier molecular flexibility index (Phi) is 13.6. The minimum Gasteiger partial charge on any atom is -0.466 e. The van der Waals surface area contributed by atoms with Gasteiger partial charge in [0, 0.05) is 66.1 Å². The first-order valence-electron chi connectivity index (χ1n) is 19.0. The van der Waals surface area contributed by atoms with Crippen molar-refractivity contribution >= 4 is 88.3 Å². The van der Waals surface area contributed by atoms with Crippen LogP contribution in [0.3, 0.4) is 0 Å². The zero-order valence-corrected chi connectivity index (χ0v) is 41.5. The maximum absolute atomic E-state index is 13.1. The van der Waals surface area contributed by atoms with Gasteiger partial charge in [-0.05, 0) is 20.8 Å². The van der Waals surface area contributed by atoms with Crippen molar-refractivity contribution in [3.05, 3.63) is 0 Å². The average Bonchev–Trinajstić information content (AvgIpc) is 3.01. The highest BCUT2D eigenvalue weighted by Gasteiger charge is 2.84. The van der Waals surface area contributed by atoms with Gasteiger partial charge in [0.2, 0.25) is 0 Å². The molecule has 6 aliphatic rings. The third kappa shape index (κ3) is 8.81. The van der Waals surface area contributed by atoms with Gasteiger partial charge in [0.05, 0.1) is 19.8 Å². The minimum atomic E-state index is -4.42. The Labute approximate surface area is 327 Å². The standard InChI is InChI=1S/C28H58O18Si8/c1-13-32-26(29)16-19-48-35-47(12)36-51(22(4)5)41-49(20-17-27(30)33-14-2)38-50(21-18-28(31)34-15-3,43-53(39-48,45-51)24(8)9)44-54(40-48,25(10)11)46-52(37-47,42-49)23(6)7/h22-25H,13-21H2,1-12H3. The summed E-state index contributed by atoms with van der Waals surface area (Å²) in [6, 6.07) is -0.275. The molecule has 6 saturated heterocycles. The maximum Gasteiger partial charge on any atom is 0.481 e. The van der Waals surface area contributed by atoms with Gasteiger partial charge in [0.25, 0.3) is 0 Å². The molecule has 4 atom stereocenters. The van der Waals surface area contributed by atoms with E-state index in [0.29, 0.717) is 0 Å². The molecule has 0 aliphatic carbocycles. The molecule has 54 heavy (non-hydrogen) atoms. The molecular weight excluding hydrogens is 849 g/mol. The molecule has 0 amide bonds. The van der Waals surface area contributed by atoms with Crippen molar-refractivity contribution < 1.29 is 78.0 Å². The molecule has 0 aromatic heterocycles. The molecule has 4 unspecified atom stereocenters. The van der Waals surface area contributed by atoms with Crippen molar-refractivity contribution in [2.45, 2.75) is 142 Å². The van der Waals surface area contributed by atoms with Crippen LogP contribution in [0, 0.1) is 0 Å². The maximum atomic E-state index is 13.1. The van der Waals surface area contributed by atoms with Crippen LogP contribution in [0.4, 0.5) is 0 Å². The second-order valence-electron chi connectivity index (χ2n) is 15.1. The molecule has 0 saturated carbocycles. The van der Waals surface area contributed by atoms with Crippen LogP contribution in [-0.4, -0.2) is 108 Å². The van der Waals surface area contributed by atoms with E-state index in [1.54, 1.807) is 27.3 Å². The van der Waals surface area contributed by atoms with Crippen molar-refractivity contribution in [1.29, 1.82) is 0 Å². The fourth-order valence-corrected chi connectivity index (χ4v) is 58.0. The molecule has 0 N–H and O–H groups in total. The van der Waals surface area contributed by atoms with Gasteiger partial charge < -0.3 is 63.6 Å². The molecule has 0 aromatic rings. The van der Waals surface area contributed by atoms with Crippen LogP contribution >= 0.6 is 0 Å². The smallest absolute Gasteiger partial charge is 0.466 e. The molecule has 6 aliphatic heterocycles. The lowest BCUT2D eigenvalue weighted by atomic mass is 10.5. The van der Waals surface area contributed by atoms with Gasteiger partial charge in [-0.2, -0.15) is 0 Å². The minimum absolute atomic E-state index is 0.0613. The van der Waals surface area contributed by atoms with E-state index >= 15 is 0 Å². The van der Waals surface area contributed by atoms with Crippen molar-refractivity contribution in [2.75, 3.05) is 19.8 Å². The first kappa shape index (κ1) is 44.8. The van der Waals surface area contributed by atoms with E-state index in [9.17, 15) is 14.4 Å². The summed E-state index contributed by atoms with van der Waals surface area (Å²) in [6.45, 7) is 22.4. The summed E-state index contributed by atoms with van der Waals surface area (Å²) in [6.07, 6.45) is -0.462. The van der Waals surface area contributed by atoms with Crippen LogP contribution in [0.15, 0.2) is 0 Å². The number of carbonyl (C=O) groups excluding carboxylic acids is 3. The Bertz CT molecular complexity index is 1360. The molecule has 0 aromatic carbocycles. The lowest BCUT2D eigenvalue weighted by molar-refractivity contribution is -0.143. The third-order valence-electron chi connectivity index (χ3n) is 9.31. The molecule has 6 rings (SSSR count). The quantitative estimate of drug-likeness (QED) is 0.115. The highest BCUT2D eigenvalue weighted by molar-refractivity contribution is 7.04. The van der Waals surface area contributed by atoms with E-state index in [1.165, 1.54) is 0 Å². The largest absolute Gasteiger partial charge is 0.481 e. The number of esters is 3. The molecule has 310 valence electrons. The van der Waals surface area contributed by atoms with Crippen LogP contribution in [0.25, 0.3) is 0 Å². The summed E-state index contributed by atoms with van der Waals surface area (Å²) in [5, 5.41) is 0. The van der Waals surface area contributed by atoms with Crippen LogP contribution in [0.2, 0.25) is 46.8 Å². The van der Waals surface area contributed by atoms with Gasteiger partial charge >= 0.3 is 88.3 Å². The summed E-state index contributed by atoms with van der Waals surface area (Å²) >= 11 is 0. The molecule has 0 spiro atoms. The summed E-state index contributed by atoms with van der Waals surface area (Å²) in [7, 11) is -34.1. The summed E-state index contributed by atoms with van der Waals surface area (Å²) < 4.78 is 104. The van der Waals surface area contributed by atoms with Gasteiger partial charge in [-0.25, -0.2) is 0 Å². The van der Waals surface area contributed by atoms with Crippen molar-refractivity contribution in [3.63, 3.8) is 0 Å². The third-order valence-corrected chi connectivity index (χ3v) is 46.9. The average molecular weight is 907 g/mol. The zero-order chi connectivity index (χ0) is 40.0. The van der Waals surface area contributed by atoms with Crippen molar-refractivity contribution in [2.24, 2.45) is 0 Å². The molecular formula is C28H58O18Si8. The van der Waals surface area contributed by atoms with Gasteiger partial charge in [-0.1, -0.05) is 55.4 Å². The highest BCUT2D eigenvalue weighted by atomic mass is 28.6. The van der Waals surface area contributed by atoms with E-state index < -0.39 is 111 Å². The molecule has 0 radical (unpaired) electrons. The Hall–Kier alpha value is -0.335. The number of ether oxygens (including phenoxy) is 3. The first-order chi connectivity index (χ1) is 25.1. The number of carbonyl (C=O) groups is 3. The van der Waals surface area contributed by atoms with Gasteiger partial charge in [-0.3, -0.25) is 14.4 Å².